The van der Waals surface area contributed by atoms with E-state index in [1.54, 1.807) is 0 Å². The van der Waals surface area contributed by atoms with E-state index in [2.05, 4.69) is 58.1 Å². The molecular formula is C8H9IN2. The fraction of sp³-hybridized carbons (Fsp3) is 0.250. The molecule has 1 aliphatic rings. The molecule has 3 heteroatoms. The van der Waals surface area contributed by atoms with E-state index in [1.807, 2.05) is 6.07 Å². The third-order valence-corrected chi connectivity index (χ3v) is 3.05. The van der Waals surface area contributed by atoms with Crippen LogP contribution in [0.4, 0.5) is 11.4 Å². The lowest BCUT2D eigenvalue weighted by molar-refractivity contribution is 1.00. The molecule has 1 aromatic rings. The molecule has 0 saturated heterocycles. The molecule has 1 unspecified atom stereocenters. The van der Waals surface area contributed by atoms with Crippen molar-refractivity contribution >= 4 is 34.0 Å². The van der Waals surface area contributed by atoms with Gasteiger partial charge in [0.25, 0.3) is 0 Å². The van der Waals surface area contributed by atoms with Crippen LogP contribution < -0.4 is 10.2 Å². The number of para-hydroxylation sites is 2. The molecule has 1 heterocycles. The summed E-state index contributed by atoms with van der Waals surface area (Å²) in [5.74, 6) is 0. The number of fused-ring (bicyclic) bond motifs is 1. The molecule has 0 fully saturated rings. The van der Waals surface area contributed by atoms with Gasteiger partial charge in [-0.05, 0) is 34.7 Å². The van der Waals surface area contributed by atoms with Gasteiger partial charge in [0.1, 0.15) is 0 Å². The molecule has 0 bridgehead atoms. The Hall–Kier alpha value is -0.450. The van der Waals surface area contributed by atoms with Gasteiger partial charge in [-0.3, -0.25) is 0 Å². The molecule has 58 valence electrons. The average molecular weight is 260 g/mol. The molecule has 1 aromatic carbocycles. The average Bonchev–Trinajstić information content (AvgIpc) is 2.30. The lowest BCUT2D eigenvalue weighted by Crippen LogP contribution is -2.25. The Morgan fingerprint density at radius 2 is 2.18 bits per heavy atom. The van der Waals surface area contributed by atoms with Crippen molar-refractivity contribution in [3.05, 3.63) is 24.3 Å². The van der Waals surface area contributed by atoms with Crippen molar-refractivity contribution in [3.8, 4) is 0 Å². The highest BCUT2D eigenvalue weighted by molar-refractivity contribution is 14.1. The van der Waals surface area contributed by atoms with Crippen LogP contribution >= 0.6 is 22.6 Å². The Bertz CT molecular complexity index is 275. The van der Waals surface area contributed by atoms with Crippen molar-refractivity contribution in [2.75, 3.05) is 17.3 Å². The van der Waals surface area contributed by atoms with Gasteiger partial charge in [0.15, 0.2) is 4.17 Å². The highest BCUT2D eigenvalue weighted by Gasteiger charge is 2.21. The van der Waals surface area contributed by atoms with E-state index in [1.165, 1.54) is 11.4 Å². The van der Waals surface area contributed by atoms with Gasteiger partial charge >= 0.3 is 0 Å². The molecule has 0 saturated carbocycles. The maximum Gasteiger partial charge on any atom is 0.152 e. The summed E-state index contributed by atoms with van der Waals surface area (Å²) in [5.41, 5.74) is 2.52. The predicted octanol–water partition coefficient (Wildman–Crippen LogP) is 2.27. The fourth-order valence-electron chi connectivity index (χ4n) is 1.25. The van der Waals surface area contributed by atoms with Gasteiger partial charge in [0, 0.05) is 7.05 Å². The number of hydrogen-bond donors (Lipinski definition) is 1. The van der Waals surface area contributed by atoms with Crippen molar-refractivity contribution in [1.82, 2.24) is 0 Å². The van der Waals surface area contributed by atoms with Gasteiger partial charge < -0.3 is 10.2 Å². The van der Waals surface area contributed by atoms with Crippen LogP contribution in [0.25, 0.3) is 0 Å². The van der Waals surface area contributed by atoms with Gasteiger partial charge in [-0.1, -0.05) is 12.1 Å². The summed E-state index contributed by atoms with van der Waals surface area (Å²) in [4.78, 5) is 2.22. The normalized spacial score (nSPS) is 21.3. The van der Waals surface area contributed by atoms with Gasteiger partial charge in [0.2, 0.25) is 0 Å². The Balaban J connectivity index is 2.47. The maximum absolute atomic E-state index is 3.36. The smallest absolute Gasteiger partial charge is 0.152 e. The van der Waals surface area contributed by atoms with Crippen LogP contribution in [0.5, 0.6) is 0 Å². The zero-order valence-electron chi connectivity index (χ0n) is 6.21. The van der Waals surface area contributed by atoms with Gasteiger partial charge in [-0.15, -0.1) is 0 Å². The Morgan fingerprint density at radius 3 is 2.91 bits per heavy atom. The number of nitrogens with one attached hydrogen (secondary N) is 1. The Morgan fingerprint density at radius 1 is 1.45 bits per heavy atom. The second-order valence-corrected chi connectivity index (χ2v) is 3.79. The Kier molecular flexibility index (Phi) is 1.67. The molecule has 0 radical (unpaired) electrons. The van der Waals surface area contributed by atoms with Crippen molar-refractivity contribution in [2.24, 2.45) is 0 Å². The Labute approximate surface area is 79.7 Å². The summed E-state index contributed by atoms with van der Waals surface area (Å²) in [6.45, 7) is 0. The molecule has 1 N–H and O–H groups in total. The largest absolute Gasteiger partial charge is 0.355 e. The molecule has 0 aliphatic carbocycles. The van der Waals surface area contributed by atoms with Crippen LogP contribution in [0.2, 0.25) is 0 Å². The summed E-state index contributed by atoms with van der Waals surface area (Å²) in [5, 5.41) is 3.36. The van der Waals surface area contributed by atoms with Crippen molar-refractivity contribution in [2.45, 2.75) is 4.17 Å². The fourth-order valence-corrected chi connectivity index (χ4v) is 1.89. The topological polar surface area (TPSA) is 15.3 Å². The lowest BCUT2D eigenvalue weighted by Gasteiger charge is -2.15. The monoisotopic (exact) mass is 260 g/mol. The van der Waals surface area contributed by atoms with Gasteiger partial charge in [-0.2, -0.15) is 0 Å². The zero-order valence-corrected chi connectivity index (χ0v) is 8.37. The number of benzene rings is 1. The zero-order chi connectivity index (χ0) is 7.84. The first-order chi connectivity index (χ1) is 5.29. The van der Waals surface area contributed by atoms with E-state index < -0.39 is 0 Å². The van der Waals surface area contributed by atoms with Crippen molar-refractivity contribution in [3.63, 3.8) is 0 Å². The number of alkyl halides is 1. The first-order valence-corrected chi connectivity index (χ1v) is 4.76. The van der Waals surface area contributed by atoms with Crippen LogP contribution in [0.3, 0.4) is 0 Å². The number of halogens is 1. The summed E-state index contributed by atoms with van der Waals surface area (Å²) < 4.78 is 0.394. The van der Waals surface area contributed by atoms with Gasteiger partial charge in [0.05, 0.1) is 11.4 Å². The van der Waals surface area contributed by atoms with E-state index in [-0.39, 0.29) is 0 Å². The van der Waals surface area contributed by atoms with Crippen LogP contribution in [-0.4, -0.2) is 11.2 Å². The molecule has 2 nitrogen and oxygen atoms in total. The summed E-state index contributed by atoms with van der Waals surface area (Å²) in [6, 6.07) is 8.34. The van der Waals surface area contributed by atoms with Crippen molar-refractivity contribution in [1.29, 1.82) is 0 Å². The van der Waals surface area contributed by atoms with E-state index in [9.17, 15) is 0 Å². The molecular weight excluding hydrogens is 251 g/mol. The molecule has 0 aromatic heterocycles. The van der Waals surface area contributed by atoms with Crippen molar-refractivity contribution < 1.29 is 0 Å². The minimum atomic E-state index is 0.394. The van der Waals surface area contributed by atoms with Crippen LogP contribution in [0, 0.1) is 0 Å². The van der Waals surface area contributed by atoms with Crippen LogP contribution in [0.1, 0.15) is 0 Å². The molecule has 0 spiro atoms. The van der Waals surface area contributed by atoms with E-state index in [4.69, 9.17) is 0 Å². The minimum absolute atomic E-state index is 0.394. The second kappa shape index (κ2) is 2.55. The number of hydrogen-bond acceptors (Lipinski definition) is 2. The second-order valence-electron chi connectivity index (χ2n) is 2.61. The molecule has 2 rings (SSSR count). The third kappa shape index (κ3) is 1.07. The predicted molar refractivity (Wildman–Crippen MR) is 56.3 cm³/mol. The third-order valence-electron chi connectivity index (χ3n) is 1.90. The van der Waals surface area contributed by atoms with E-state index >= 15 is 0 Å². The molecule has 0 amide bonds. The number of rotatable bonds is 0. The summed E-state index contributed by atoms with van der Waals surface area (Å²) in [7, 11) is 2.09. The van der Waals surface area contributed by atoms with Gasteiger partial charge in [-0.25, -0.2) is 0 Å². The van der Waals surface area contributed by atoms with E-state index in [0.717, 1.165) is 0 Å². The lowest BCUT2D eigenvalue weighted by atomic mass is 10.3. The standard InChI is InChI=1S/C8H9IN2/c1-11-7-5-3-2-4-6(7)10-8(11)9/h2-5,8,10H,1H3. The molecule has 1 aliphatic heterocycles. The molecule has 11 heavy (non-hydrogen) atoms. The van der Waals surface area contributed by atoms with Crippen LogP contribution in [-0.2, 0) is 0 Å². The summed E-state index contributed by atoms with van der Waals surface area (Å²) >= 11 is 2.37. The minimum Gasteiger partial charge on any atom is -0.355 e. The molecule has 1 atom stereocenters. The number of nitrogens with zero attached hydrogens (tertiary/aromatic N) is 1. The first-order valence-electron chi connectivity index (χ1n) is 3.51. The quantitative estimate of drug-likeness (QED) is 0.437. The van der Waals surface area contributed by atoms with Crippen LogP contribution in [0.15, 0.2) is 24.3 Å². The number of anilines is 2. The first kappa shape index (κ1) is 7.21. The maximum atomic E-state index is 3.36. The highest BCUT2D eigenvalue weighted by atomic mass is 127. The SMILES string of the molecule is CN1c2ccccc2NC1I. The highest BCUT2D eigenvalue weighted by Crippen LogP contribution is 2.34. The summed E-state index contributed by atoms with van der Waals surface area (Å²) in [6.07, 6.45) is 0. The van der Waals surface area contributed by atoms with E-state index in [0.29, 0.717) is 4.17 Å².